The molecule has 0 aliphatic carbocycles. The Kier molecular flexibility index (Phi) is 5.19. The summed E-state index contributed by atoms with van der Waals surface area (Å²) < 4.78 is 22.7. The van der Waals surface area contributed by atoms with E-state index in [9.17, 15) is 4.21 Å². The van der Waals surface area contributed by atoms with E-state index < -0.39 is 9.71 Å². The lowest BCUT2D eigenvalue weighted by atomic mass is 10.3. The molecule has 9 heteroatoms. The summed E-state index contributed by atoms with van der Waals surface area (Å²) in [7, 11) is -2.84. The zero-order chi connectivity index (χ0) is 18.0. The third kappa shape index (κ3) is 4.24. The predicted molar refractivity (Wildman–Crippen MR) is 105 cm³/mol. The number of aryl methyl sites for hydroxylation is 1. The lowest BCUT2D eigenvalue weighted by Crippen LogP contribution is -2.12. The lowest BCUT2D eigenvalue weighted by molar-refractivity contribution is 0.459. The van der Waals surface area contributed by atoms with Gasteiger partial charge in [-0.25, -0.2) is 9.19 Å². The number of hydrogen-bond donors (Lipinski definition) is 1. The van der Waals surface area contributed by atoms with E-state index in [1.54, 1.807) is 36.5 Å². The molecule has 3 aromatic rings. The molecule has 25 heavy (non-hydrogen) atoms. The van der Waals surface area contributed by atoms with Crippen LogP contribution in [0.3, 0.4) is 0 Å². The van der Waals surface area contributed by atoms with Crippen LogP contribution in [0.1, 0.15) is 5.69 Å². The number of pyridine rings is 2. The fourth-order valence-corrected chi connectivity index (χ4v) is 4.86. The summed E-state index contributed by atoms with van der Waals surface area (Å²) in [5.74, 6) is 4.53. The minimum absolute atomic E-state index is 0.222. The van der Waals surface area contributed by atoms with Crippen molar-refractivity contribution in [3.8, 4) is 11.6 Å². The second-order valence-corrected chi connectivity index (χ2v) is 9.44. The number of anilines is 1. The van der Waals surface area contributed by atoms with E-state index in [1.807, 2.05) is 6.92 Å². The molecule has 0 aromatic carbocycles. The van der Waals surface area contributed by atoms with Crippen LogP contribution in [0.25, 0.3) is 0 Å². The van der Waals surface area contributed by atoms with Gasteiger partial charge in [-0.1, -0.05) is 23.2 Å². The molecule has 3 aromatic heterocycles. The zero-order valence-electron chi connectivity index (χ0n) is 13.0. The van der Waals surface area contributed by atoms with E-state index in [2.05, 4.69) is 20.6 Å². The zero-order valence-corrected chi connectivity index (χ0v) is 16.2. The van der Waals surface area contributed by atoms with Gasteiger partial charge in [0.15, 0.2) is 5.75 Å². The monoisotopic (exact) mass is 413 g/mol. The van der Waals surface area contributed by atoms with Crippen LogP contribution >= 0.6 is 34.5 Å². The smallest absolute Gasteiger partial charge is 0.243 e. The van der Waals surface area contributed by atoms with Gasteiger partial charge in [-0.2, -0.15) is 0 Å². The van der Waals surface area contributed by atoms with E-state index >= 15 is 0 Å². The molecule has 1 N–H and O–H groups in total. The van der Waals surface area contributed by atoms with Gasteiger partial charge in [-0.05, 0) is 43.1 Å². The van der Waals surface area contributed by atoms with E-state index in [-0.39, 0.29) is 5.88 Å². The van der Waals surface area contributed by atoms with Crippen LogP contribution in [0.5, 0.6) is 11.6 Å². The Bertz CT molecular complexity index is 1020. The van der Waals surface area contributed by atoms with Crippen molar-refractivity contribution in [1.29, 1.82) is 0 Å². The number of nitrogens with one attached hydrogen (secondary N) is 1. The average Bonchev–Trinajstić information content (AvgIpc) is 2.99. The highest BCUT2D eigenvalue weighted by molar-refractivity contribution is 8.03. The molecule has 0 aliphatic rings. The first kappa shape index (κ1) is 18.0. The Morgan fingerprint density at radius 3 is 2.76 bits per heavy atom. The number of ether oxygens (including phenoxy) is 1. The quantitative estimate of drug-likeness (QED) is 0.594. The van der Waals surface area contributed by atoms with Crippen LogP contribution in [-0.2, 0) is 9.71 Å². The van der Waals surface area contributed by atoms with Gasteiger partial charge >= 0.3 is 0 Å². The van der Waals surface area contributed by atoms with E-state index in [1.165, 1.54) is 17.5 Å². The molecular formula is C16H13Cl2N3O2S2. The van der Waals surface area contributed by atoms with E-state index in [0.29, 0.717) is 30.7 Å². The molecule has 0 saturated carbocycles. The van der Waals surface area contributed by atoms with Crippen molar-refractivity contribution in [3.63, 3.8) is 0 Å². The number of hydrogen-bond acceptors (Lipinski definition) is 5. The van der Waals surface area contributed by atoms with E-state index in [0.717, 1.165) is 0 Å². The molecule has 0 bridgehead atoms. The molecule has 0 saturated heterocycles. The summed E-state index contributed by atoms with van der Waals surface area (Å²) in [6.07, 6.45) is 3.11. The molecule has 130 valence electrons. The van der Waals surface area contributed by atoms with Crippen LogP contribution < -0.4 is 9.46 Å². The van der Waals surface area contributed by atoms with Gasteiger partial charge in [0.05, 0.1) is 24.8 Å². The minimum atomic E-state index is -2.84. The molecule has 3 rings (SSSR count). The van der Waals surface area contributed by atoms with Crippen molar-refractivity contribution in [1.82, 2.24) is 9.97 Å². The highest BCUT2D eigenvalue weighted by Crippen LogP contribution is 2.33. The molecule has 3 heterocycles. The maximum Gasteiger partial charge on any atom is 0.243 e. The number of rotatable bonds is 5. The van der Waals surface area contributed by atoms with Crippen LogP contribution in [0.4, 0.5) is 5.69 Å². The molecule has 1 unspecified atom stereocenters. The highest BCUT2D eigenvalue weighted by atomic mass is 35.5. The fourth-order valence-electron chi connectivity index (χ4n) is 1.97. The molecular weight excluding hydrogens is 401 g/mol. The van der Waals surface area contributed by atoms with Crippen molar-refractivity contribution < 1.29 is 8.95 Å². The summed E-state index contributed by atoms with van der Waals surface area (Å²) in [5, 5.41) is 0.372. The maximum atomic E-state index is 12.9. The van der Waals surface area contributed by atoms with Crippen LogP contribution in [-0.4, -0.2) is 20.0 Å². The van der Waals surface area contributed by atoms with Crippen LogP contribution in [0, 0.1) is 6.92 Å². The summed E-state index contributed by atoms with van der Waals surface area (Å²) in [4.78, 5) is 8.34. The standard InChI is InChI=1S/C16H13Cl2N3O2S2/c1-10-13(4-3-7-19-10)23-16-12(8-11(17)9-20-16)21-25(2,22)15-6-5-14(18)24-15/h3-9H,2H2,1H3,(H,21,22). The molecule has 0 fully saturated rings. The number of halogens is 2. The lowest BCUT2D eigenvalue weighted by Gasteiger charge is -2.15. The van der Waals surface area contributed by atoms with Gasteiger partial charge in [0.1, 0.15) is 9.90 Å². The van der Waals surface area contributed by atoms with Crippen molar-refractivity contribution in [2.24, 2.45) is 0 Å². The number of aromatic nitrogens is 2. The van der Waals surface area contributed by atoms with Gasteiger partial charge in [0.25, 0.3) is 0 Å². The second-order valence-electron chi connectivity index (χ2n) is 5.03. The summed E-state index contributed by atoms with van der Waals surface area (Å²) in [6, 6.07) is 8.43. The summed E-state index contributed by atoms with van der Waals surface area (Å²) in [5.41, 5.74) is 1.06. The van der Waals surface area contributed by atoms with Gasteiger partial charge < -0.3 is 9.46 Å². The highest BCUT2D eigenvalue weighted by Gasteiger charge is 2.16. The second kappa shape index (κ2) is 7.21. The average molecular weight is 414 g/mol. The van der Waals surface area contributed by atoms with Crippen molar-refractivity contribution in [3.05, 3.63) is 57.8 Å². The van der Waals surface area contributed by atoms with Crippen LogP contribution in [0.15, 0.2) is 46.9 Å². The number of nitrogens with zero attached hydrogens (tertiary/aromatic N) is 2. The summed E-state index contributed by atoms with van der Waals surface area (Å²) >= 11 is 13.1. The van der Waals surface area contributed by atoms with Crippen molar-refractivity contribution in [2.45, 2.75) is 11.1 Å². The molecule has 0 amide bonds. The Morgan fingerprint density at radius 2 is 2.08 bits per heavy atom. The molecule has 0 aliphatic heterocycles. The molecule has 1 atom stereocenters. The fraction of sp³-hybridized carbons (Fsp3) is 0.0625. The van der Waals surface area contributed by atoms with Gasteiger partial charge in [0.2, 0.25) is 5.88 Å². The first-order chi connectivity index (χ1) is 11.8. The normalized spacial score (nSPS) is 13.2. The predicted octanol–water partition coefficient (Wildman–Crippen LogP) is 5.05. The largest absolute Gasteiger partial charge is 0.435 e. The van der Waals surface area contributed by atoms with Crippen LogP contribution in [0.2, 0.25) is 9.36 Å². The van der Waals surface area contributed by atoms with E-state index in [4.69, 9.17) is 27.9 Å². The SMILES string of the molecule is C=S(=O)(Nc1cc(Cl)cnc1Oc1cccnc1C)c1ccc(Cl)s1. The Balaban J connectivity index is 1.96. The first-order valence-corrected chi connectivity index (χ1v) is 10.3. The summed E-state index contributed by atoms with van der Waals surface area (Å²) in [6.45, 7) is 1.82. The van der Waals surface area contributed by atoms with Gasteiger partial charge in [-0.15, -0.1) is 11.3 Å². The molecule has 5 nitrogen and oxygen atoms in total. The maximum absolute atomic E-state index is 12.9. The van der Waals surface area contributed by atoms with Crippen molar-refractivity contribution in [2.75, 3.05) is 4.72 Å². The number of thiophene rings is 1. The Labute approximate surface area is 159 Å². The minimum Gasteiger partial charge on any atom is -0.435 e. The molecule has 0 spiro atoms. The third-order valence-electron chi connectivity index (χ3n) is 3.13. The van der Waals surface area contributed by atoms with Crippen molar-refractivity contribution >= 4 is 55.8 Å². The third-order valence-corrected chi connectivity index (χ3v) is 6.76. The Morgan fingerprint density at radius 1 is 1.28 bits per heavy atom. The topological polar surface area (TPSA) is 64.1 Å². The molecule has 0 radical (unpaired) electrons. The van der Waals surface area contributed by atoms with Gasteiger partial charge in [0, 0.05) is 12.4 Å². The first-order valence-electron chi connectivity index (χ1n) is 7.00. The van der Waals surface area contributed by atoms with Gasteiger partial charge in [-0.3, -0.25) is 4.98 Å². The Hall–Kier alpha value is -1.80.